The average molecular weight is 286 g/mol. The highest BCUT2D eigenvalue weighted by Gasteiger charge is 2.02. The zero-order chi connectivity index (χ0) is 14.4. The van der Waals surface area contributed by atoms with Crippen molar-refractivity contribution in [1.29, 1.82) is 0 Å². The minimum absolute atomic E-state index is 0.351. The van der Waals surface area contributed by atoms with E-state index in [0.717, 1.165) is 27.5 Å². The van der Waals surface area contributed by atoms with Crippen LogP contribution in [0.4, 0.5) is 0 Å². The first-order chi connectivity index (χ1) is 9.69. The quantitative estimate of drug-likeness (QED) is 0.876. The molecule has 2 nitrogen and oxygen atoms in total. The average Bonchev–Trinajstić information content (AvgIpc) is 2.45. The SMILES string of the molecule is Cc1ccc(COc2cccc(C#CCN)c2)c(Cl)c1. The number of hydrogen-bond acceptors (Lipinski definition) is 2. The van der Waals surface area contributed by atoms with Crippen molar-refractivity contribution in [2.75, 3.05) is 6.54 Å². The molecule has 0 spiro atoms. The fourth-order valence-corrected chi connectivity index (χ4v) is 2.04. The summed E-state index contributed by atoms with van der Waals surface area (Å²) in [4.78, 5) is 0. The lowest BCUT2D eigenvalue weighted by Crippen LogP contribution is -1.97. The van der Waals surface area contributed by atoms with Gasteiger partial charge in [-0.1, -0.05) is 41.6 Å². The molecule has 0 atom stereocenters. The van der Waals surface area contributed by atoms with Crippen LogP contribution in [-0.2, 0) is 6.61 Å². The van der Waals surface area contributed by atoms with E-state index in [4.69, 9.17) is 22.1 Å². The van der Waals surface area contributed by atoms with E-state index in [1.807, 2.05) is 49.4 Å². The van der Waals surface area contributed by atoms with Crippen molar-refractivity contribution in [3.05, 3.63) is 64.2 Å². The lowest BCUT2D eigenvalue weighted by atomic mass is 10.1. The Morgan fingerprint density at radius 1 is 1.20 bits per heavy atom. The zero-order valence-corrected chi connectivity index (χ0v) is 12.1. The summed E-state index contributed by atoms with van der Waals surface area (Å²) in [6.07, 6.45) is 0. The summed E-state index contributed by atoms with van der Waals surface area (Å²) in [5, 5.41) is 0.726. The molecule has 2 aromatic carbocycles. The van der Waals surface area contributed by atoms with Gasteiger partial charge in [-0.2, -0.15) is 0 Å². The molecule has 2 N–H and O–H groups in total. The van der Waals surface area contributed by atoms with Gasteiger partial charge in [0, 0.05) is 16.1 Å². The van der Waals surface area contributed by atoms with Crippen LogP contribution < -0.4 is 10.5 Å². The fraction of sp³-hybridized carbons (Fsp3) is 0.176. The molecule has 2 rings (SSSR count). The van der Waals surface area contributed by atoms with Crippen LogP contribution in [0.25, 0.3) is 0 Å². The van der Waals surface area contributed by atoms with Crippen LogP contribution in [0.15, 0.2) is 42.5 Å². The molecule has 0 amide bonds. The maximum absolute atomic E-state index is 6.18. The highest BCUT2D eigenvalue weighted by molar-refractivity contribution is 6.31. The van der Waals surface area contributed by atoms with Crippen molar-refractivity contribution in [1.82, 2.24) is 0 Å². The molecule has 20 heavy (non-hydrogen) atoms. The number of hydrogen-bond donors (Lipinski definition) is 1. The van der Waals surface area contributed by atoms with E-state index in [0.29, 0.717) is 13.2 Å². The van der Waals surface area contributed by atoms with Gasteiger partial charge in [-0.25, -0.2) is 0 Å². The van der Waals surface area contributed by atoms with Crippen LogP contribution in [0.3, 0.4) is 0 Å². The lowest BCUT2D eigenvalue weighted by Gasteiger charge is -2.08. The van der Waals surface area contributed by atoms with Gasteiger partial charge < -0.3 is 10.5 Å². The molecule has 0 heterocycles. The number of halogens is 1. The van der Waals surface area contributed by atoms with E-state index in [-0.39, 0.29) is 0 Å². The van der Waals surface area contributed by atoms with Gasteiger partial charge in [0.25, 0.3) is 0 Å². The summed E-state index contributed by atoms with van der Waals surface area (Å²) >= 11 is 6.18. The van der Waals surface area contributed by atoms with Crippen LogP contribution in [0.5, 0.6) is 5.75 Å². The van der Waals surface area contributed by atoms with Crippen LogP contribution in [0.1, 0.15) is 16.7 Å². The first kappa shape index (κ1) is 14.5. The monoisotopic (exact) mass is 285 g/mol. The van der Waals surface area contributed by atoms with E-state index < -0.39 is 0 Å². The molecule has 0 radical (unpaired) electrons. The Labute approximate surface area is 124 Å². The van der Waals surface area contributed by atoms with E-state index >= 15 is 0 Å². The summed E-state index contributed by atoms with van der Waals surface area (Å²) in [5.41, 5.74) is 8.36. The molecule has 0 aliphatic rings. The van der Waals surface area contributed by atoms with Gasteiger partial charge in [0.15, 0.2) is 0 Å². The van der Waals surface area contributed by atoms with Crippen LogP contribution in [-0.4, -0.2) is 6.54 Å². The number of nitrogens with two attached hydrogens (primary N) is 1. The van der Waals surface area contributed by atoms with Gasteiger partial charge in [-0.3, -0.25) is 0 Å². The summed E-state index contributed by atoms with van der Waals surface area (Å²) in [7, 11) is 0. The zero-order valence-electron chi connectivity index (χ0n) is 11.3. The second-order valence-electron chi connectivity index (χ2n) is 4.42. The second-order valence-corrected chi connectivity index (χ2v) is 4.82. The number of benzene rings is 2. The normalized spacial score (nSPS) is 9.75. The molecule has 0 aromatic heterocycles. The third kappa shape index (κ3) is 4.03. The summed E-state index contributed by atoms with van der Waals surface area (Å²) in [6.45, 7) is 2.80. The largest absolute Gasteiger partial charge is 0.489 e. The van der Waals surface area contributed by atoms with Crippen molar-refractivity contribution < 1.29 is 4.74 Å². The Kier molecular flexibility index (Phi) is 5.06. The Balaban J connectivity index is 2.07. The summed E-state index contributed by atoms with van der Waals surface area (Å²) in [6, 6.07) is 13.6. The molecular formula is C17H16ClNO. The smallest absolute Gasteiger partial charge is 0.121 e. The van der Waals surface area contributed by atoms with E-state index in [1.54, 1.807) is 0 Å². The molecule has 0 aliphatic carbocycles. The highest BCUT2D eigenvalue weighted by Crippen LogP contribution is 2.20. The number of ether oxygens (including phenoxy) is 1. The summed E-state index contributed by atoms with van der Waals surface area (Å²) < 4.78 is 5.75. The van der Waals surface area contributed by atoms with Crippen molar-refractivity contribution in [2.24, 2.45) is 5.73 Å². The minimum Gasteiger partial charge on any atom is -0.489 e. The van der Waals surface area contributed by atoms with Crippen molar-refractivity contribution in [2.45, 2.75) is 13.5 Å². The highest BCUT2D eigenvalue weighted by atomic mass is 35.5. The minimum atomic E-state index is 0.351. The molecule has 3 heteroatoms. The third-order valence-electron chi connectivity index (χ3n) is 2.77. The van der Waals surface area contributed by atoms with E-state index in [9.17, 15) is 0 Å². The lowest BCUT2D eigenvalue weighted by molar-refractivity contribution is 0.306. The van der Waals surface area contributed by atoms with Gasteiger partial charge in [0.05, 0.1) is 6.54 Å². The molecule has 0 saturated heterocycles. The van der Waals surface area contributed by atoms with Gasteiger partial charge in [-0.05, 0) is 36.8 Å². The third-order valence-corrected chi connectivity index (χ3v) is 3.12. The van der Waals surface area contributed by atoms with Crippen LogP contribution in [0.2, 0.25) is 5.02 Å². The molecule has 0 fully saturated rings. The van der Waals surface area contributed by atoms with Crippen LogP contribution in [0, 0.1) is 18.8 Å². The molecule has 0 aliphatic heterocycles. The van der Waals surface area contributed by atoms with Crippen molar-refractivity contribution >= 4 is 11.6 Å². The predicted molar refractivity (Wildman–Crippen MR) is 82.9 cm³/mol. The topological polar surface area (TPSA) is 35.2 Å². The maximum atomic E-state index is 6.18. The Morgan fingerprint density at radius 3 is 2.80 bits per heavy atom. The number of aryl methyl sites for hydroxylation is 1. The predicted octanol–water partition coefficient (Wildman–Crippen LogP) is 3.54. The Morgan fingerprint density at radius 2 is 2.05 bits per heavy atom. The molecule has 2 aromatic rings. The van der Waals surface area contributed by atoms with Gasteiger partial charge in [0.1, 0.15) is 12.4 Å². The summed E-state index contributed by atoms with van der Waals surface area (Å²) in [5.74, 6) is 6.57. The second kappa shape index (κ2) is 7.00. The number of rotatable bonds is 3. The van der Waals surface area contributed by atoms with Crippen LogP contribution >= 0.6 is 11.6 Å². The van der Waals surface area contributed by atoms with Gasteiger partial charge in [0.2, 0.25) is 0 Å². The van der Waals surface area contributed by atoms with Gasteiger partial charge in [-0.15, -0.1) is 0 Å². The standard InChI is InChI=1S/C17H16ClNO/c1-13-7-8-15(17(18)10-13)12-20-16-6-2-4-14(11-16)5-3-9-19/h2,4,6-8,10-11H,9,12,19H2,1H3. The van der Waals surface area contributed by atoms with Gasteiger partial charge >= 0.3 is 0 Å². The molecule has 0 bridgehead atoms. The molecule has 0 saturated carbocycles. The first-order valence-corrected chi connectivity index (χ1v) is 6.73. The van der Waals surface area contributed by atoms with E-state index in [1.165, 1.54) is 0 Å². The Hall–Kier alpha value is -1.95. The molecule has 102 valence electrons. The maximum Gasteiger partial charge on any atom is 0.121 e. The molecule has 0 unspecified atom stereocenters. The first-order valence-electron chi connectivity index (χ1n) is 6.36. The van der Waals surface area contributed by atoms with Crippen molar-refractivity contribution in [3.8, 4) is 17.6 Å². The Bertz CT molecular complexity index is 656. The molecular weight excluding hydrogens is 270 g/mol. The van der Waals surface area contributed by atoms with Crippen molar-refractivity contribution in [3.63, 3.8) is 0 Å². The van der Waals surface area contributed by atoms with E-state index in [2.05, 4.69) is 11.8 Å². The fourth-order valence-electron chi connectivity index (χ4n) is 1.75.